The Bertz CT molecular complexity index is 174. The lowest BCUT2D eigenvalue weighted by Gasteiger charge is -2.37. The molecule has 0 aromatic carbocycles. The molecule has 0 saturated heterocycles. The molecule has 0 aromatic heterocycles. The van der Waals surface area contributed by atoms with E-state index in [1.54, 1.807) is 0 Å². The Hall–Kier alpha value is -0.0800. The molecule has 0 heterocycles. The van der Waals surface area contributed by atoms with Crippen LogP contribution in [-0.4, -0.2) is 30.1 Å². The van der Waals surface area contributed by atoms with E-state index in [0.717, 1.165) is 24.5 Å². The van der Waals surface area contributed by atoms with Gasteiger partial charge < -0.3 is 5.73 Å². The van der Waals surface area contributed by atoms with Crippen molar-refractivity contribution < 1.29 is 0 Å². The van der Waals surface area contributed by atoms with E-state index in [1.807, 2.05) is 0 Å². The Morgan fingerprint density at radius 1 is 1.25 bits per heavy atom. The molecule has 0 aliphatic heterocycles. The number of nitrogens with zero attached hydrogens (tertiary/aromatic N) is 1. The molecule has 2 nitrogen and oxygen atoms in total. The van der Waals surface area contributed by atoms with E-state index in [4.69, 9.17) is 5.73 Å². The zero-order chi connectivity index (χ0) is 12.0. The van der Waals surface area contributed by atoms with Crippen molar-refractivity contribution in [3.63, 3.8) is 0 Å². The number of nitrogens with two attached hydrogens (primary N) is 1. The van der Waals surface area contributed by atoms with E-state index in [1.165, 1.54) is 45.1 Å². The first-order valence-corrected chi connectivity index (χ1v) is 7.14. The van der Waals surface area contributed by atoms with Crippen LogP contribution in [0, 0.1) is 5.92 Å². The zero-order valence-corrected chi connectivity index (χ0v) is 11.4. The highest BCUT2D eigenvalue weighted by atomic mass is 15.2. The van der Waals surface area contributed by atoms with Gasteiger partial charge in [-0.2, -0.15) is 0 Å². The predicted molar refractivity (Wildman–Crippen MR) is 71.6 cm³/mol. The monoisotopic (exact) mass is 226 g/mol. The lowest BCUT2D eigenvalue weighted by molar-refractivity contribution is 0.110. The molecular formula is C14H30N2. The van der Waals surface area contributed by atoms with Crippen molar-refractivity contribution in [3.8, 4) is 0 Å². The van der Waals surface area contributed by atoms with Crippen molar-refractivity contribution in [1.29, 1.82) is 0 Å². The largest absolute Gasteiger partial charge is 0.330 e. The average molecular weight is 226 g/mol. The van der Waals surface area contributed by atoms with Crippen LogP contribution < -0.4 is 5.73 Å². The molecule has 0 spiro atoms. The summed E-state index contributed by atoms with van der Waals surface area (Å²) in [6.07, 6.45) is 8.10. The fraction of sp³-hybridized carbons (Fsp3) is 1.00. The first-order valence-electron chi connectivity index (χ1n) is 7.14. The number of rotatable bonds is 7. The fourth-order valence-corrected chi connectivity index (χ4v) is 3.05. The van der Waals surface area contributed by atoms with Crippen LogP contribution in [0.15, 0.2) is 0 Å². The van der Waals surface area contributed by atoms with E-state index in [-0.39, 0.29) is 0 Å². The van der Waals surface area contributed by atoms with Gasteiger partial charge >= 0.3 is 0 Å². The van der Waals surface area contributed by atoms with Crippen molar-refractivity contribution in [2.24, 2.45) is 11.7 Å². The van der Waals surface area contributed by atoms with Crippen LogP contribution in [0.4, 0.5) is 0 Å². The van der Waals surface area contributed by atoms with Gasteiger partial charge in [-0.1, -0.05) is 33.6 Å². The van der Waals surface area contributed by atoms with Crippen molar-refractivity contribution >= 4 is 0 Å². The summed E-state index contributed by atoms with van der Waals surface area (Å²) in [6, 6.07) is 1.56. The molecule has 1 aliphatic carbocycles. The molecule has 1 fully saturated rings. The molecule has 16 heavy (non-hydrogen) atoms. The van der Waals surface area contributed by atoms with Gasteiger partial charge in [-0.25, -0.2) is 0 Å². The molecule has 1 atom stereocenters. The van der Waals surface area contributed by atoms with Gasteiger partial charge in [-0.05, 0) is 38.1 Å². The number of hydrogen-bond acceptors (Lipinski definition) is 2. The molecule has 1 rings (SSSR count). The molecule has 0 aromatic rings. The maximum atomic E-state index is 5.75. The van der Waals surface area contributed by atoms with Gasteiger partial charge in [0.15, 0.2) is 0 Å². The quantitative estimate of drug-likeness (QED) is 0.723. The predicted octanol–water partition coefficient (Wildman–Crippen LogP) is 3.01. The van der Waals surface area contributed by atoms with Gasteiger partial charge in [0.2, 0.25) is 0 Å². The van der Waals surface area contributed by atoms with Crippen LogP contribution in [0.5, 0.6) is 0 Å². The third-order valence-corrected chi connectivity index (χ3v) is 3.81. The molecule has 1 unspecified atom stereocenters. The van der Waals surface area contributed by atoms with E-state index in [9.17, 15) is 0 Å². The highest BCUT2D eigenvalue weighted by Gasteiger charge is 2.27. The van der Waals surface area contributed by atoms with Crippen molar-refractivity contribution in [1.82, 2.24) is 4.90 Å². The summed E-state index contributed by atoms with van der Waals surface area (Å²) < 4.78 is 0. The van der Waals surface area contributed by atoms with Crippen molar-refractivity contribution in [2.75, 3.05) is 13.1 Å². The zero-order valence-electron chi connectivity index (χ0n) is 11.4. The summed E-state index contributed by atoms with van der Waals surface area (Å²) in [7, 11) is 0. The SMILES string of the molecule is CCC(CCN)N(CC(C)C)C1CCCC1. The second-order valence-electron chi connectivity index (χ2n) is 5.67. The highest BCUT2D eigenvalue weighted by Crippen LogP contribution is 2.27. The topological polar surface area (TPSA) is 29.3 Å². The fourth-order valence-electron chi connectivity index (χ4n) is 3.05. The molecule has 2 N–H and O–H groups in total. The Morgan fingerprint density at radius 2 is 1.88 bits per heavy atom. The lowest BCUT2D eigenvalue weighted by Crippen LogP contribution is -2.44. The van der Waals surface area contributed by atoms with Gasteiger partial charge in [0, 0.05) is 18.6 Å². The standard InChI is InChI=1S/C14H30N2/c1-4-13(9-10-15)16(11-12(2)3)14-7-5-6-8-14/h12-14H,4-11,15H2,1-3H3. The maximum Gasteiger partial charge on any atom is 0.0108 e. The first-order chi connectivity index (χ1) is 7.69. The van der Waals surface area contributed by atoms with Crippen LogP contribution in [0.25, 0.3) is 0 Å². The maximum absolute atomic E-state index is 5.75. The Kier molecular flexibility index (Phi) is 6.37. The molecule has 1 aliphatic rings. The molecular weight excluding hydrogens is 196 g/mol. The van der Waals surface area contributed by atoms with Crippen molar-refractivity contribution in [2.45, 2.75) is 71.4 Å². The smallest absolute Gasteiger partial charge is 0.0108 e. The minimum absolute atomic E-state index is 0.718. The second kappa shape index (κ2) is 7.29. The lowest BCUT2D eigenvalue weighted by atomic mass is 10.0. The highest BCUT2D eigenvalue weighted by molar-refractivity contribution is 4.83. The number of hydrogen-bond donors (Lipinski definition) is 1. The van der Waals surface area contributed by atoms with E-state index in [2.05, 4.69) is 25.7 Å². The first kappa shape index (κ1) is 14.0. The van der Waals surface area contributed by atoms with E-state index in [0.29, 0.717) is 0 Å². The molecule has 0 radical (unpaired) electrons. The van der Waals surface area contributed by atoms with Crippen LogP contribution >= 0.6 is 0 Å². The van der Waals surface area contributed by atoms with Crippen LogP contribution in [0.1, 0.15) is 59.3 Å². The molecule has 2 heteroatoms. The van der Waals surface area contributed by atoms with Crippen LogP contribution in [0.3, 0.4) is 0 Å². The summed E-state index contributed by atoms with van der Waals surface area (Å²) in [5.41, 5.74) is 5.75. The van der Waals surface area contributed by atoms with E-state index < -0.39 is 0 Å². The van der Waals surface area contributed by atoms with Crippen LogP contribution in [0.2, 0.25) is 0 Å². The average Bonchev–Trinajstić information content (AvgIpc) is 2.76. The summed E-state index contributed by atoms with van der Waals surface area (Å²) in [6.45, 7) is 9.06. The molecule has 1 saturated carbocycles. The Morgan fingerprint density at radius 3 is 2.31 bits per heavy atom. The van der Waals surface area contributed by atoms with Crippen molar-refractivity contribution in [3.05, 3.63) is 0 Å². The van der Waals surface area contributed by atoms with Gasteiger partial charge in [-0.15, -0.1) is 0 Å². The summed E-state index contributed by atoms with van der Waals surface area (Å²) in [5.74, 6) is 0.771. The summed E-state index contributed by atoms with van der Waals surface area (Å²) >= 11 is 0. The second-order valence-corrected chi connectivity index (χ2v) is 5.67. The van der Waals surface area contributed by atoms with Gasteiger partial charge in [0.1, 0.15) is 0 Å². The Balaban J connectivity index is 2.59. The Labute approximate surface area is 102 Å². The third-order valence-electron chi connectivity index (χ3n) is 3.81. The van der Waals surface area contributed by atoms with E-state index >= 15 is 0 Å². The minimum Gasteiger partial charge on any atom is -0.330 e. The normalized spacial score (nSPS) is 19.9. The summed E-state index contributed by atoms with van der Waals surface area (Å²) in [5, 5.41) is 0. The summed E-state index contributed by atoms with van der Waals surface area (Å²) in [4.78, 5) is 2.77. The molecule has 0 bridgehead atoms. The van der Waals surface area contributed by atoms with Gasteiger partial charge in [0.25, 0.3) is 0 Å². The van der Waals surface area contributed by atoms with Gasteiger partial charge in [0.05, 0.1) is 0 Å². The van der Waals surface area contributed by atoms with Crippen LogP contribution in [-0.2, 0) is 0 Å². The molecule has 0 amide bonds. The third kappa shape index (κ3) is 4.06. The van der Waals surface area contributed by atoms with Gasteiger partial charge in [-0.3, -0.25) is 4.90 Å². The minimum atomic E-state index is 0.718. The molecule has 96 valence electrons.